The molecule has 1 amide bonds. The largest absolute Gasteiger partial charge is 0.305 e. The van der Waals surface area contributed by atoms with Gasteiger partial charge < -0.3 is 5.32 Å². The third-order valence-corrected chi connectivity index (χ3v) is 5.00. The number of pyridine rings is 1. The number of carbonyl (C=O) groups excluding carboxylic acids is 1. The molecule has 4 rings (SSSR count). The van der Waals surface area contributed by atoms with E-state index in [0.29, 0.717) is 10.7 Å². The Hall–Kier alpha value is -2.99. The molecule has 0 fully saturated rings. The first-order valence-corrected chi connectivity index (χ1v) is 8.77. The van der Waals surface area contributed by atoms with Crippen LogP contribution in [0.4, 0.5) is 5.82 Å². The molecule has 25 heavy (non-hydrogen) atoms. The van der Waals surface area contributed by atoms with Gasteiger partial charge in [0.1, 0.15) is 22.0 Å². The average Bonchev–Trinajstić information content (AvgIpc) is 3.21. The number of fused-ring (bicyclic) bond motifs is 1. The summed E-state index contributed by atoms with van der Waals surface area (Å²) in [6.07, 6.45) is 1.91. The maximum atomic E-state index is 12.7. The second-order valence-corrected chi connectivity index (χ2v) is 6.64. The molecule has 1 N–H and O–H groups in total. The van der Waals surface area contributed by atoms with Crippen LogP contribution in [-0.4, -0.2) is 20.3 Å². The van der Waals surface area contributed by atoms with E-state index < -0.39 is 0 Å². The Balaban J connectivity index is 1.88. The van der Waals surface area contributed by atoms with Crippen LogP contribution in [-0.2, 0) is 0 Å². The van der Waals surface area contributed by atoms with Crippen LogP contribution in [0.5, 0.6) is 0 Å². The lowest BCUT2D eigenvalue weighted by molar-refractivity contribution is 0.102. The molecule has 0 spiro atoms. The van der Waals surface area contributed by atoms with Crippen molar-refractivity contribution in [2.45, 2.75) is 13.8 Å². The van der Waals surface area contributed by atoms with Gasteiger partial charge in [0.2, 0.25) is 0 Å². The van der Waals surface area contributed by atoms with E-state index in [1.807, 2.05) is 66.9 Å². The highest BCUT2D eigenvalue weighted by atomic mass is 32.1. The van der Waals surface area contributed by atoms with Crippen molar-refractivity contribution in [1.29, 1.82) is 0 Å². The lowest BCUT2D eigenvalue weighted by Crippen LogP contribution is -2.14. The molecule has 1 aromatic carbocycles. The van der Waals surface area contributed by atoms with E-state index >= 15 is 0 Å². The zero-order valence-electron chi connectivity index (χ0n) is 13.9. The number of hydrogen-bond acceptors (Lipinski definition) is 4. The van der Waals surface area contributed by atoms with Crippen molar-refractivity contribution < 1.29 is 4.79 Å². The van der Waals surface area contributed by atoms with Gasteiger partial charge in [0.25, 0.3) is 5.91 Å². The number of hydrogen-bond donors (Lipinski definition) is 1. The van der Waals surface area contributed by atoms with Gasteiger partial charge in [0.15, 0.2) is 0 Å². The minimum absolute atomic E-state index is 0.166. The fourth-order valence-electron chi connectivity index (χ4n) is 2.80. The summed E-state index contributed by atoms with van der Waals surface area (Å²) in [6, 6.07) is 13.8. The molecule has 0 atom stereocenters. The number of nitrogens with zero attached hydrogens (tertiary/aromatic N) is 3. The summed E-state index contributed by atoms with van der Waals surface area (Å²) in [5, 5.41) is 3.03. The number of rotatable bonds is 3. The lowest BCUT2D eigenvalue weighted by atomic mass is 10.1. The Bertz CT molecular complexity index is 1070. The van der Waals surface area contributed by atoms with E-state index in [1.54, 1.807) is 5.51 Å². The predicted octanol–water partition coefficient (Wildman–Crippen LogP) is 4.33. The summed E-state index contributed by atoms with van der Waals surface area (Å²) in [7, 11) is 0. The SMILES string of the molecule is Cc1ncsc1C(=O)Nc1c(-c2ccccc2)nc2c(C)cccn12. The maximum Gasteiger partial charge on any atom is 0.268 e. The molecule has 0 aliphatic heterocycles. The van der Waals surface area contributed by atoms with E-state index in [0.717, 1.165) is 28.2 Å². The molecule has 0 saturated carbocycles. The number of thiazole rings is 1. The molecule has 3 aromatic heterocycles. The molecule has 124 valence electrons. The number of amides is 1. The topological polar surface area (TPSA) is 59.3 Å². The van der Waals surface area contributed by atoms with Crippen LogP contribution in [0.3, 0.4) is 0 Å². The molecule has 0 aliphatic rings. The summed E-state index contributed by atoms with van der Waals surface area (Å²) in [4.78, 5) is 22.3. The van der Waals surface area contributed by atoms with Gasteiger partial charge in [-0.15, -0.1) is 11.3 Å². The summed E-state index contributed by atoms with van der Waals surface area (Å²) >= 11 is 1.34. The van der Waals surface area contributed by atoms with Crippen LogP contribution in [0.2, 0.25) is 0 Å². The number of aryl methyl sites for hydroxylation is 2. The number of anilines is 1. The maximum absolute atomic E-state index is 12.7. The molecular formula is C19H16N4OS. The van der Waals surface area contributed by atoms with Gasteiger partial charge in [-0.1, -0.05) is 36.4 Å². The Labute approximate surface area is 149 Å². The third kappa shape index (κ3) is 2.70. The van der Waals surface area contributed by atoms with Crippen molar-refractivity contribution in [2.75, 3.05) is 5.32 Å². The van der Waals surface area contributed by atoms with E-state index in [1.165, 1.54) is 11.3 Å². The molecule has 5 nitrogen and oxygen atoms in total. The fourth-order valence-corrected chi connectivity index (χ4v) is 3.50. The standard InChI is InChI=1S/C19H16N4OS/c1-12-7-6-10-23-17(12)21-15(14-8-4-3-5-9-14)18(23)22-19(24)16-13(2)20-11-25-16/h3-11H,1-2H3,(H,22,24). The molecule has 6 heteroatoms. The Morgan fingerprint density at radius 2 is 1.92 bits per heavy atom. The van der Waals surface area contributed by atoms with E-state index in [2.05, 4.69) is 10.3 Å². The normalized spacial score (nSPS) is 11.0. The Morgan fingerprint density at radius 1 is 1.12 bits per heavy atom. The molecule has 0 saturated heterocycles. The highest BCUT2D eigenvalue weighted by Gasteiger charge is 2.19. The molecule has 0 bridgehead atoms. The number of nitrogens with one attached hydrogen (secondary N) is 1. The first-order chi connectivity index (χ1) is 12.1. The lowest BCUT2D eigenvalue weighted by Gasteiger charge is -2.07. The van der Waals surface area contributed by atoms with Crippen LogP contribution in [0.25, 0.3) is 16.9 Å². The number of carbonyl (C=O) groups is 1. The smallest absolute Gasteiger partial charge is 0.268 e. The summed E-state index contributed by atoms with van der Waals surface area (Å²) in [6.45, 7) is 3.85. The van der Waals surface area contributed by atoms with Crippen molar-refractivity contribution in [3.05, 3.63) is 70.3 Å². The second kappa shape index (κ2) is 6.14. The quantitative estimate of drug-likeness (QED) is 0.599. The fraction of sp³-hybridized carbons (Fsp3) is 0.105. The third-order valence-electron chi connectivity index (χ3n) is 4.08. The molecule has 3 heterocycles. The van der Waals surface area contributed by atoms with Crippen molar-refractivity contribution in [1.82, 2.24) is 14.4 Å². The van der Waals surface area contributed by atoms with Gasteiger partial charge >= 0.3 is 0 Å². The average molecular weight is 348 g/mol. The minimum atomic E-state index is -0.166. The number of benzene rings is 1. The van der Waals surface area contributed by atoms with E-state index in [4.69, 9.17) is 4.98 Å². The van der Waals surface area contributed by atoms with Gasteiger partial charge in [-0.05, 0) is 25.5 Å². The molecule has 0 aliphatic carbocycles. The number of imidazole rings is 1. The highest BCUT2D eigenvalue weighted by molar-refractivity contribution is 7.12. The zero-order valence-corrected chi connectivity index (χ0v) is 14.7. The second-order valence-electron chi connectivity index (χ2n) is 5.78. The summed E-state index contributed by atoms with van der Waals surface area (Å²) in [5.41, 5.74) is 6.01. The first-order valence-electron chi connectivity index (χ1n) is 7.89. The van der Waals surface area contributed by atoms with Gasteiger partial charge in [-0.25, -0.2) is 9.97 Å². The van der Waals surface area contributed by atoms with Crippen LogP contribution in [0, 0.1) is 13.8 Å². The monoisotopic (exact) mass is 348 g/mol. The Kier molecular flexibility index (Phi) is 3.82. The molecular weight excluding hydrogens is 332 g/mol. The zero-order chi connectivity index (χ0) is 17.4. The molecule has 0 unspecified atom stereocenters. The van der Waals surface area contributed by atoms with Crippen molar-refractivity contribution in [3.8, 4) is 11.3 Å². The van der Waals surface area contributed by atoms with Crippen LogP contribution >= 0.6 is 11.3 Å². The molecule has 0 radical (unpaired) electrons. The Morgan fingerprint density at radius 3 is 2.64 bits per heavy atom. The number of aromatic nitrogens is 3. The summed E-state index contributed by atoms with van der Waals surface area (Å²) in [5.74, 6) is 0.503. The van der Waals surface area contributed by atoms with Crippen molar-refractivity contribution in [3.63, 3.8) is 0 Å². The van der Waals surface area contributed by atoms with Crippen LogP contribution < -0.4 is 5.32 Å². The predicted molar refractivity (Wildman–Crippen MR) is 100 cm³/mol. The van der Waals surface area contributed by atoms with Gasteiger partial charge in [-0.3, -0.25) is 9.20 Å². The molecule has 4 aromatic rings. The van der Waals surface area contributed by atoms with Crippen molar-refractivity contribution >= 4 is 28.7 Å². The highest BCUT2D eigenvalue weighted by Crippen LogP contribution is 2.30. The van der Waals surface area contributed by atoms with E-state index in [9.17, 15) is 4.79 Å². The van der Waals surface area contributed by atoms with Crippen molar-refractivity contribution in [2.24, 2.45) is 0 Å². The first kappa shape index (κ1) is 15.5. The van der Waals surface area contributed by atoms with Gasteiger partial charge in [-0.2, -0.15) is 0 Å². The van der Waals surface area contributed by atoms with E-state index in [-0.39, 0.29) is 5.91 Å². The van der Waals surface area contributed by atoms with Crippen LogP contribution in [0.15, 0.2) is 54.2 Å². The van der Waals surface area contributed by atoms with Gasteiger partial charge in [0, 0.05) is 11.8 Å². The minimum Gasteiger partial charge on any atom is -0.305 e. The van der Waals surface area contributed by atoms with Gasteiger partial charge in [0.05, 0.1) is 11.2 Å². The summed E-state index contributed by atoms with van der Waals surface area (Å²) < 4.78 is 1.92. The van der Waals surface area contributed by atoms with Crippen LogP contribution in [0.1, 0.15) is 20.9 Å².